The first kappa shape index (κ1) is 21.9. The van der Waals surface area contributed by atoms with Crippen LogP contribution in [-0.2, 0) is 9.53 Å². The van der Waals surface area contributed by atoms with E-state index < -0.39 is 24.0 Å². The van der Waals surface area contributed by atoms with Crippen LogP contribution in [0.1, 0.15) is 41.7 Å². The van der Waals surface area contributed by atoms with E-state index in [1.165, 1.54) is 14.2 Å². The largest absolute Gasteiger partial charge is 0.493 e. The molecule has 1 unspecified atom stereocenters. The molecule has 1 heterocycles. The Labute approximate surface area is 180 Å². The van der Waals surface area contributed by atoms with Gasteiger partial charge in [0.25, 0.3) is 0 Å². The number of benzene rings is 2. The molecule has 1 atom stereocenters. The van der Waals surface area contributed by atoms with Crippen molar-refractivity contribution in [3.8, 4) is 11.5 Å². The number of hydrogen-bond acceptors (Lipinski definition) is 6. The van der Waals surface area contributed by atoms with Crippen LogP contribution in [0.5, 0.6) is 11.5 Å². The quantitative estimate of drug-likeness (QED) is 0.521. The number of nitrogens with one attached hydrogen (secondary N) is 2. The van der Waals surface area contributed by atoms with E-state index in [2.05, 4.69) is 10.6 Å². The fourth-order valence-electron chi connectivity index (χ4n) is 3.35. The van der Waals surface area contributed by atoms with E-state index in [1.54, 1.807) is 48.5 Å². The molecule has 8 nitrogen and oxygen atoms in total. The van der Waals surface area contributed by atoms with Crippen LogP contribution in [0.4, 0.5) is 4.79 Å². The first-order valence-corrected chi connectivity index (χ1v) is 9.82. The average Bonchev–Trinajstić information content (AvgIpc) is 2.79. The maximum atomic E-state index is 12.5. The predicted molar refractivity (Wildman–Crippen MR) is 113 cm³/mol. The highest BCUT2D eigenvalue weighted by molar-refractivity contribution is 5.95. The minimum atomic E-state index is -0.740. The van der Waals surface area contributed by atoms with Crippen LogP contribution in [0.2, 0.25) is 0 Å². The molecule has 1 aliphatic heterocycles. The SMILES string of the molecule is CCCC1=C(C(=O)OC)C(c2ccc(OC(=O)c3ccccc3)c(OC)c2)NC(=O)N1. The van der Waals surface area contributed by atoms with Crippen LogP contribution >= 0.6 is 0 Å². The number of rotatable bonds is 7. The molecule has 2 N–H and O–H groups in total. The van der Waals surface area contributed by atoms with Gasteiger partial charge in [0.15, 0.2) is 11.5 Å². The molecule has 31 heavy (non-hydrogen) atoms. The highest BCUT2D eigenvalue weighted by atomic mass is 16.6. The molecule has 0 radical (unpaired) electrons. The van der Waals surface area contributed by atoms with Crippen LogP contribution in [0.15, 0.2) is 59.8 Å². The second-order valence-corrected chi connectivity index (χ2v) is 6.83. The Morgan fingerprint density at radius 3 is 2.39 bits per heavy atom. The molecule has 0 spiro atoms. The lowest BCUT2D eigenvalue weighted by Gasteiger charge is -2.29. The first-order chi connectivity index (χ1) is 15.0. The summed E-state index contributed by atoms with van der Waals surface area (Å²) >= 11 is 0. The summed E-state index contributed by atoms with van der Waals surface area (Å²) in [5.74, 6) is -0.560. The lowest BCUT2D eigenvalue weighted by Crippen LogP contribution is -2.45. The molecule has 0 saturated carbocycles. The van der Waals surface area contributed by atoms with Crippen molar-refractivity contribution in [1.82, 2.24) is 10.6 Å². The van der Waals surface area contributed by atoms with Gasteiger partial charge in [-0.2, -0.15) is 0 Å². The third-order valence-electron chi connectivity index (χ3n) is 4.79. The van der Waals surface area contributed by atoms with Crippen molar-refractivity contribution >= 4 is 18.0 Å². The highest BCUT2D eigenvalue weighted by Gasteiger charge is 2.33. The number of amides is 2. The summed E-state index contributed by atoms with van der Waals surface area (Å²) in [6, 6.07) is 12.3. The number of methoxy groups -OCH3 is 2. The minimum Gasteiger partial charge on any atom is -0.493 e. The topological polar surface area (TPSA) is 103 Å². The number of urea groups is 1. The number of carbonyl (C=O) groups is 3. The van der Waals surface area contributed by atoms with Gasteiger partial charge in [-0.25, -0.2) is 14.4 Å². The zero-order chi connectivity index (χ0) is 22.4. The van der Waals surface area contributed by atoms with Crippen molar-refractivity contribution < 1.29 is 28.6 Å². The number of hydrogen-bond donors (Lipinski definition) is 2. The van der Waals surface area contributed by atoms with Crippen molar-refractivity contribution in [2.24, 2.45) is 0 Å². The van der Waals surface area contributed by atoms with E-state index in [0.717, 1.165) is 6.42 Å². The number of ether oxygens (including phenoxy) is 3. The van der Waals surface area contributed by atoms with Crippen LogP contribution in [0.3, 0.4) is 0 Å². The third kappa shape index (κ3) is 4.85. The smallest absolute Gasteiger partial charge is 0.343 e. The van der Waals surface area contributed by atoms with Gasteiger partial charge in [0.2, 0.25) is 0 Å². The molecule has 2 amide bonds. The van der Waals surface area contributed by atoms with Gasteiger partial charge in [0.1, 0.15) is 0 Å². The van der Waals surface area contributed by atoms with Gasteiger partial charge in [-0.1, -0.05) is 37.6 Å². The Morgan fingerprint density at radius 2 is 1.74 bits per heavy atom. The maximum absolute atomic E-state index is 12.5. The molecule has 1 aliphatic rings. The van der Waals surface area contributed by atoms with Gasteiger partial charge in [-0.05, 0) is 36.2 Å². The molecule has 8 heteroatoms. The number of allylic oxidation sites excluding steroid dienone is 1. The number of carbonyl (C=O) groups excluding carboxylic acids is 3. The molecule has 0 aliphatic carbocycles. The van der Waals surface area contributed by atoms with Crippen LogP contribution in [0, 0.1) is 0 Å². The molecule has 0 fully saturated rings. The second kappa shape index (κ2) is 9.80. The lowest BCUT2D eigenvalue weighted by molar-refractivity contribution is -0.136. The molecule has 0 bridgehead atoms. The fourth-order valence-corrected chi connectivity index (χ4v) is 3.35. The third-order valence-corrected chi connectivity index (χ3v) is 4.79. The van der Waals surface area contributed by atoms with E-state index in [4.69, 9.17) is 14.2 Å². The molecule has 162 valence electrons. The average molecular weight is 424 g/mol. The Hall–Kier alpha value is -3.81. The van der Waals surface area contributed by atoms with Gasteiger partial charge in [-0.15, -0.1) is 0 Å². The summed E-state index contributed by atoms with van der Waals surface area (Å²) in [7, 11) is 2.73. The molecule has 2 aromatic rings. The summed E-state index contributed by atoms with van der Waals surface area (Å²) in [5, 5.41) is 5.45. The van der Waals surface area contributed by atoms with E-state index in [0.29, 0.717) is 28.8 Å². The molecular formula is C23H24N2O6. The summed E-state index contributed by atoms with van der Waals surface area (Å²) in [6.07, 6.45) is 1.25. The van der Waals surface area contributed by atoms with Gasteiger partial charge in [0, 0.05) is 5.70 Å². The summed E-state index contributed by atoms with van der Waals surface area (Å²) < 4.78 is 15.8. The summed E-state index contributed by atoms with van der Waals surface area (Å²) in [5.41, 5.74) is 1.82. The summed E-state index contributed by atoms with van der Waals surface area (Å²) in [4.78, 5) is 37.1. The monoisotopic (exact) mass is 424 g/mol. The van der Waals surface area contributed by atoms with E-state index in [-0.39, 0.29) is 11.5 Å². The molecular weight excluding hydrogens is 400 g/mol. The minimum absolute atomic E-state index is 0.220. The first-order valence-electron chi connectivity index (χ1n) is 9.82. The predicted octanol–water partition coefficient (Wildman–Crippen LogP) is 3.50. The zero-order valence-electron chi connectivity index (χ0n) is 17.6. The van der Waals surface area contributed by atoms with E-state index in [9.17, 15) is 14.4 Å². The highest BCUT2D eigenvalue weighted by Crippen LogP contribution is 2.35. The Balaban J connectivity index is 1.96. The summed E-state index contributed by atoms with van der Waals surface area (Å²) in [6.45, 7) is 1.95. The zero-order valence-corrected chi connectivity index (χ0v) is 17.6. The van der Waals surface area contributed by atoms with E-state index >= 15 is 0 Å². The lowest BCUT2D eigenvalue weighted by atomic mass is 9.93. The Kier molecular flexibility index (Phi) is 6.92. The molecule has 3 rings (SSSR count). The normalized spacial score (nSPS) is 15.6. The standard InChI is InChI=1S/C23H24N2O6/c1-4-8-16-19(22(27)30-3)20(25-23(28)24-16)15-11-12-17(18(13-15)29-2)31-21(26)14-9-6-5-7-10-14/h5-7,9-13,20H,4,8H2,1-3H3,(H2,24,25,28). The molecule has 2 aromatic carbocycles. The fraction of sp³-hybridized carbons (Fsp3) is 0.261. The maximum Gasteiger partial charge on any atom is 0.343 e. The van der Waals surface area contributed by atoms with Gasteiger partial charge < -0.3 is 24.8 Å². The van der Waals surface area contributed by atoms with Gasteiger partial charge in [0.05, 0.1) is 31.4 Å². The van der Waals surface area contributed by atoms with Crippen molar-refractivity contribution in [2.75, 3.05) is 14.2 Å². The number of esters is 2. The van der Waals surface area contributed by atoms with Crippen molar-refractivity contribution in [1.29, 1.82) is 0 Å². The van der Waals surface area contributed by atoms with Crippen LogP contribution in [0.25, 0.3) is 0 Å². The Bertz CT molecular complexity index is 1020. The Morgan fingerprint density at radius 1 is 1.00 bits per heavy atom. The van der Waals surface area contributed by atoms with Crippen LogP contribution < -0.4 is 20.1 Å². The van der Waals surface area contributed by atoms with Crippen molar-refractivity contribution in [3.63, 3.8) is 0 Å². The van der Waals surface area contributed by atoms with Gasteiger partial charge >= 0.3 is 18.0 Å². The van der Waals surface area contributed by atoms with Crippen LogP contribution in [-0.4, -0.2) is 32.2 Å². The molecule has 0 saturated heterocycles. The van der Waals surface area contributed by atoms with Crippen molar-refractivity contribution in [3.05, 3.63) is 70.9 Å². The van der Waals surface area contributed by atoms with Gasteiger partial charge in [-0.3, -0.25) is 0 Å². The van der Waals surface area contributed by atoms with E-state index in [1.807, 2.05) is 6.92 Å². The van der Waals surface area contributed by atoms with Crippen molar-refractivity contribution in [2.45, 2.75) is 25.8 Å². The molecule has 0 aromatic heterocycles. The second-order valence-electron chi connectivity index (χ2n) is 6.83.